The van der Waals surface area contributed by atoms with Crippen molar-refractivity contribution in [3.05, 3.63) is 35.1 Å². The highest BCUT2D eigenvalue weighted by Crippen LogP contribution is 2.50. The van der Waals surface area contributed by atoms with E-state index in [4.69, 9.17) is 0 Å². The lowest BCUT2D eigenvalue weighted by atomic mass is 9.79. The van der Waals surface area contributed by atoms with E-state index in [0.717, 1.165) is 13.0 Å². The number of alkyl halides is 3. The third-order valence-corrected chi connectivity index (χ3v) is 4.04. The maximum atomic E-state index is 13.2. The zero-order valence-electron chi connectivity index (χ0n) is 11.2. The third-order valence-electron chi connectivity index (χ3n) is 4.04. The van der Waals surface area contributed by atoms with E-state index in [9.17, 15) is 22.4 Å². The second kappa shape index (κ2) is 4.46. The fraction of sp³-hybridized carbons (Fsp3) is 0.500. The summed E-state index contributed by atoms with van der Waals surface area (Å²) >= 11 is 0. The van der Waals surface area contributed by atoms with Gasteiger partial charge in [0.25, 0.3) is 0 Å². The van der Waals surface area contributed by atoms with Gasteiger partial charge in [0.1, 0.15) is 5.82 Å². The Kier molecular flexibility index (Phi) is 3.31. The fourth-order valence-corrected chi connectivity index (χ4v) is 2.49. The monoisotopic (exact) mass is 290 g/mol. The zero-order valence-corrected chi connectivity index (χ0v) is 11.2. The molecular formula is C14H14F4O2. The van der Waals surface area contributed by atoms with E-state index in [1.54, 1.807) is 0 Å². The van der Waals surface area contributed by atoms with Gasteiger partial charge in [-0.2, -0.15) is 13.2 Å². The van der Waals surface area contributed by atoms with E-state index in [0.29, 0.717) is 5.56 Å². The van der Waals surface area contributed by atoms with Crippen LogP contribution >= 0.6 is 0 Å². The first-order chi connectivity index (χ1) is 9.08. The van der Waals surface area contributed by atoms with Gasteiger partial charge in [-0.1, -0.05) is 19.1 Å². The number of halogens is 4. The topological polar surface area (TPSA) is 26.3 Å². The summed E-state index contributed by atoms with van der Waals surface area (Å²) in [5.41, 5.74) is -1.89. The smallest absolute Gasteiger partial charge is 0.428 e. The van der Waals surface area contributed by atoms with Gasteiger partial charge in [-0.3, -0.25) is 4.79 Å². The van der Waals surface area contributed by atoms with Crippen molar-refractivity contribution in [1.29, 1.82) is 0 Å². The number of benzene rings is 1. The van der Waals surface area contributed by atoms with E-state index in [1.165, 1.54) is 26.0 Å². The highest BCUT2D eigenvalue weighted by atomic mass is 19.4. The van der Waals surface area contributed by atoms with Crippen molar-refractivity contribution in [2.75, 3.05) is 0 Å². The van der Waals surface area contributed by atoms with Gasteiger partial charge in [-0.15, -0.1) is 0 Å². The minimum absolute atomic E-state index is 0.281. The summed E-state index contributed by atoms with van der Waals surface area (Å²) in [4.78, 5) is 11.8. The second-order valence-electron chi connectivity index (χ2n) is 5.30. The Morgan fingerprint density at radius 1 is 1.30 bits per heavy atom. The van der Waals surface area contributed by atoms with Gasteiger partial charge in [0.05, 0.1) is 5.92 Å². The van der Waals surface area contributed by atoms with Gasteiger partial charge in [-0.25, -0.2) is 4.39 Å². The molecule has 6 heteroatoms. The summed E-state index contributed by atoms with van der Waals surface area (Å²) in [6.07, 6.45) is -4.65. The molecule has 1 aromatic carbocycles. The molecule has 0 unspecified atom stereocenters. The molecule has 0 aliphatic carbocycles. The van der Waals surface area contributed by atoms with Crippen molar-refractivity contribution in [3.63, 3.8) is 0 Å². The molecule has 2 rings (SSSR count). The molecular weight excluding hydrogens is 276 g/mol. The molecule has 3 atom stereocenters. The average molecular weight is 290 g/mol. The van der Waals surface area contributed by atoms with Crippen molar-refractivity contribution in [2.45, 2.75) is 38.5 Å². The molecule has 0 aromatic heterocycles. The highest BCUT2D eigenvalue weighted by Gasteiger charge is 2.65. The molecule has 1 heterocycles. The molecule has 20 heavy (non-hydrogen) atoms. The summed E-state index contributed by atoms with van der Waals surface area (Å²) in [5.74, 6) is -3.52. The van der Waals surface area contributed by atoms with Crippen LogP contribution in [-0.2, 0) is 9.53 Å². The summed E-state index contributed by atoms with van der Waals surface area (Å²) < 4.78 is 57.0. The summed E-state index contributed by atoms with van der Waals surface area (Å²) in [6.45, 7) is 3.68. The number of esters is 1. The number of ether oxygens (including phenoxy) is 1. The molecule has 1 fully saturated rings. The van der Waals surface area contributed by atoms with E-state index < -0.39 is 35.4 Å². The molecule has 1 saturated heterocycles. The lowest BCUT2D eigenvalue weighted by molar-refractivity contribution is -0.262. The molecule has 110 valence electrons. The zero-order chi connectivity index (χ0) is 15.3. The summed E-state index contributed by atoms with van der Waals surface area (Å²) in [6, 6.07) is 3.86. The Balaban J connectivity index is 2.43. The molecule has 0 spiro atoms. The van der Waals surface area contributed by atoms with E-state index >= 15 is 0 Å². The van der Waals surface area contributed by atoms with Gasteiger partial charge in [-0.05, 0) is 31.0 Å². The van der Waals surface area contributed by atoms with Gasteiger partial charge < -0.3 is 4.74 Å². The SMILES string of the molecule is Cc1cc([C@H]2C(=O)O[C@@](C)(C(F)(F)F)[C@H]2C)ccc1F. The number of rotatable bonds is 1. The van der Waals surface area contributed by atoms with Gasteiger partial charge in [0, 0.05) is 5.92 Å². The van der Waals surface area contributed by atoms with Crippen molar-refractivity contribution >= 4 is 5.97 Å². The predicted molar refractivity (Wildman–Crippen MR) is 63.6 cm³/mol. The van der Waals surface area contributed by atoms with Crippen LogP contribution in [0.1, 0.15) is 30.9 Å². The molecule has 0 saturated carbocycles. The molecule has 0 bridgehead atoms. The molecule has 2 nitrogen and oxygen atoms in total. The number of carbonyl (C=O) groups excluding carboxylic acids is 1. The molecule has 0 N–H and O–H groups in total. The summed E-state index contributed by atoms with van der Waals surface area (Å²) in [7, 11) is 0. The minimum atomic E-state index is -4.65. The Morgan fingerprint density at radius 3 is 2.35 bits per heavy atom. The minimum Gasteiger partial charge on any atom is -0.449 e. The standard InChI is InChI=1S/C14H14F4O2/c1-7-6-9(4-5-10(7)15)11-8(2)13(3,14(16,17)18)20-12(11)19/h4-6,8,11H,1-3H3/t8-,11-,13+/m0/s1. The molecule has 0 radical (unpaired) electrons. The molecule has 0 amide bonds. The van der Waals surface area contributed by atoms with Crippen molar-refractivity contribution in [2.24, 2.45) is 5.92 Å². The quantitative estimate of drug-likeness (QED) is 0.582. The number of aryl methyl sites for hydroxylation is 1. The van der Waals surface area contributed by atoms with Gasteiger partial charge >= 0.3 is 12.1 Å². The van der Waals surface area contributed by atoms with Crippen LogP contribution in [0.4, 0.5) is 17.6 Å². The van der Waals surface area contributed by atoms with Crippen LogP contribution in [0.3, 0.4) is 0 Å². The lowest BCUT2D eigenvalue weighted by Crippen LogP contribution is -2.46. The van der Waals surface area contributed by atoms with Crippen LogP contribution in [0, 0.1) is 18.7 Å². The first-order valence-corrected chi connectivity index (χ1v) is 6.13. The first-order valence-electron chi connectivity index (χ1n) is 6.13. The first kappa shape index (κ1) is 14.8. The third kappa shape index (κ3) is 2.07. The number of carbonyl (C=O) groups is 1. The predicted octanol–water partition coefficient (Wildman–Crippen LogP) is 3.73. The van der Waals surface area contributed by atoms with Crippen molar-refractivity contribution in [1.82, 2.24) is 0 Å². The number of cyclic esters (lactones) is 1. The van der Waals surface area contributed by atoms with E-state index in [1.807, 2.05) is 0 Å². The Morgan fingerprint density at radius 2 is 1.90 bits per heavy atom. The van der Waals surface area contributed by atoms with E-state index in [-0.39, 0.29) is 5.56 Å². The molecule has 1 aliphatic rings. The van der Waals surface area contributed by atoms with Crippen LogP contribution in [0.15, 0.2) is 18.2 Å². The fourth-order valence-electron chi connectivity index (χ4n) is 2.49. The number of hydrogen-bond acceptors (Lipinski definition) is 2. The van der Waals surface area contributed by atoms with Crippen molar-refractivity contribution in [3.8, 4) is 0 Å². The van der Waals surface area contributed by atoms with Crippen LogP contribution < -0.4 is 0 Å². The molecule has 1 aliphatic heterocycles. The van der Waals surface area contributed by atoms with Crippen molar-refractivity contribution < 1.29 is 27.1 Å². The van der Waals surface area contributed by atoms with Crippen LogP contribution in [-0.4, -0.2) is 17.7 Å². The Hall–Kier alpha value is -1.59. The maximum Gasteiger partial charge on any atom is 0.428 e. The van der Waals surface area contributed by atoms with Gasteiger partial charge in [0.2, 0.25) is 5.60 Å². The second-order valence-corrected chi connectivity index (χ2v) is 5.30. The van der Waals surface area contributed by atoms with Crippen LogP contribution in [0.25, 0.3) is 0 Å². The highest BCUT2D eigenvalue weighted by molar-refractivity contribution is 5.81. The lowest BCUT2D eigenvalue weighted by Gasteiger charge is -2.30. The number of hydrogen-bond donors (Lipinski definition) is 0. The average Bonchev–Trinajstić information content (AvgIpc) is 2.54. The van der Waals surface area contributed by atoms with Crippen LogP contribution in [0.5, 0.6) is 0 Å². The largest absolute Gasteiger partial charge is 0.449 e. The molecule has 1 aromatic rings. The Bertz CT molecular complexity index is 553. The summed E-state index contributed by atoms with van der Waals surface area (Å²) in [5, 5.41) is 0. The Labute approximate surface area is 113 Å². The van der Waals surface area contributed by atoms with Gasteiger partial charge in [0.15, 0.2) is 0 Å². The van der Waals surface area contributed by atoms with Crippen LogP contribution in [0.2, 0.25) is 0 Å². The van der Waals surface area contributed by atoms with E-state index in [2.05, 4.69) is 4.74 Å². The normalized spacial score (nSPS) is 30.4. The maximum absolute atomic E-state index is 13.2.